The van der Waals surface area contributed by atoms with Crippen molar-refractivity contribution < 1.29 is 0 Å². The van der Waals surface area contributed by atoms with Gasteiger partial charge >= 0.3 is 0 Å². The smallest absolute Gasteiger partial charge is 0.106 e. The average molecular weight is 332 g/mol. The molecular formula is C16H18BrN3. The second-order valence-electron chi connectivity index (χ2n) is 5.09. The maximum absolute atomic E-state index is 4.30. The number of nitrogens with zero attached hydrogens (tertiary/aromatic N) is 3. The summed E-state index contributed by atoms with van der Waals surface area (Å²) < 4.78 is 0.893. The number of piperazine rings is 1. The molecule has 4 heteroatoms. The normalized spacial score (nSPS) is 16.4. The summed E-state index contributed by atoms with van der Waals surface area (Å²) in [4.78, 5) is 9.22. The fourth-order valence-electron chi connectivity index (χ4n) is 2.56. The van der Waals surface area contributed by atoms with Crippen molar-refractivity contribution in [2.75, 3.05) is 31.1 Å². The van der Waals surface area contributed by atoms with E-state index in [1.165, 1.54) is 11.3 Å². The van der Waals surface area contributed by atoms with Crippen LogP contribution in [0.3, 0.4) is 0 Å². The van der Waals surface area contributed by atoms with Gasteiger partial charge in [0.1, 0.15) is 4.60 Å². The van der Waals surface area contributed by atoms with Gasteiger partial charge in [-0.1, -0.05) is 30.3 Å². The molecule has 1 aliphatic heterocycles. The number of rotatable bonds is 3. The van der Waals surface area contributed by atoms with Crippen LogP contribution < -0.4 is 4.90 Å². The number of aromatic nitrogens is 1. The van der Waals surface area contributed by atoms with Crippen LogP contribution in [-0.4, -0.2) is 36.1 Å². The van der Waals surface area contributed by atoms with E-state index in [-0.39, 0.29) is 0 Å². The van der Waals surface area contributed by atoms with Crippen molar-refractivity contribution in [1.29, 1.82) is 0 Å². The number of anilines is 1. The minimum Gasteiger partial charge on any atom is -0.368 e. The molecule has 3 rings (SSSR count). The summed E-state index contributed by atoms with van der Waals surface area (Å²) in [6.07, 6.45) is 1.94. The predicted octanol–water partition coefficient (Wildman–Crippen LogP) is 3.17. The first-order valence-electron chi connectivity index (χ1n) is 6.94. The van der Waals surface area contributed by atoms with Crippen LogP contribution in [-0.2, 0) is 6.54 Å². The number of pyridine rings is 1. The summed E-state index contributed by atoms with van der Waals surface area (Å²) in [6.45, 7) is 5.38. The molecular weight excluding hydrogens is 314 g/mol. The molecule has 3 nitrogen and oxygen atoms in total. The summed E-state index contributed by atoms with van der Waals surface area (Å²) in [6, 6.07) is 14.8. The van der Waals surface area contributed by atoms with Gasteiger partial charge in [0, 0.05) is 32.7 Å². The van der Waals surface area contributed by atoms with Gasteiger partial charge in [-0.15, -0.1) is 0 Å². The van der Waals surface area contributed by atoms with Crippen molar-refractivity contribution in [3.63, 3.8) is 0 Å². The van der Waals surface area contributed by atoms with Crippen molar-refractivity contribution in [3.8, 4) is 0 Å². The first-order chi connectivity index (χ1) is 9.81. The molecule has 1 saturated heterocycles. The summed E-state index contributed by atoms with van der Waals surface area (Å²) in [5, 5.41) is 0. The molecule has 0 atom stereocenters. The Morgan fingerprint density at radius 1 is 0.950 bits per heavy atom. The van der Waals surface area contributed by atoms with Crippen molar-refractivity contribution in [3.05, 3.63) is 58.8 Å². The number of hydrogen-bond donors (Lipinski definition) is 0. The highest BCUT2D eigenvalue weighted by Gasteiger charge is 2.17. The van der Waals surface area contributed by atoms with Gasteiger partial charge in [-0.25, -0.2) is 4.98 Å². The van der Waals surface area contributed by atoms with Gasteiger partial charge in [-0.2, -0.15) is 0 Å². The third-order valence-corrected chi connectivity index (χ3v) is 4.17. The van der Waals surface area contributed by atoms with Crippen molar-refractivity contribution >= 4 is 21.6 Å². The lowest BCUT2D eigenvalue weighted by Gasteiger charge is -2.36. The van der Waals surface area contributed by atoms with E-state index >= 15 is 0 Å². The van der Waals surface area contributed by atoms with E-state index in [1.54, 1.807) is 0 Å². The van der Waals surface area contributed by atoms with Gasteiger partial charge in [-0.3, -0.25) is 4.90 Å². The van der Waals surface area contributed by atoms with Crippen LogP contribution in [0.5, 0.6) is 0 Å². The van der Waals surface area contributed by atoms with Gasteiger partial charge in [0.15, 0.2) is 0 Å². The van der Waals surface area contributed by atoms with Crippen molar-refractivity contribution in [2.45, 2.75) is 6.54 Å². The molecule has 1 aromatic carbocycles. The van der Waals surface area contributed by atoms with E-state index in [9.17, 15) is 0 Å². The topological polar surface area (TPSA) is 19.4 Å². The van der Waals surface area contributed by atoms with Crippen LogP contribution in [0.1, 0.15) is 5.56 Å². The average Bonchev–Trinajstić information content (AvgIpc) is 2.50. The summed E-state index contributed by atoms with van der Waals surface area (Å²) in [5.74, 6) is 0. The van der Waals surface area contributed by atoms with Crippen LogP contribution in [0.25, 0.3) is 0 Å². The molecule has 0 aliphatic carbocycles. The minimum atomic E-state index is 0.893. The molecule has 0 saturated carbocycles. The van der Waals surface area contributed by atoms with Crippen LogP contribution in [0, 0.1) is 0 Å². The molecule has 2 heterocycles. The minimum absolute atomic E-state index is 0.893. The molecule has 1 aromatic heterocycles. The lowest BCUT2D eigenvalue weighted by atomic mass is 10.2. The van der Waals surface area contributed by atoms with E-state index in [2.05, 4.69) is 67.1 Å². The predicted molar refractivity (Wildman–Crippen MR) is 85.9 cm³/mol. The summed E-state index contributed by atoms with van der Waals surface area (Å²) in [7, 11) is 0. The maximum Gasteiger partial charge on any atom is 0.106 e. The second kappa shape index (κ2) is 6.37. The number of hydrogen-bond acceptors (Lipinski definition) is 3. The van der Waals surface area contributed by atoms with E-state index in [0.29, 0.717) is 0 Å². The van der Waals surface area contributed by atoms with Crippen molar-refractivity contribution in [2.24, 2.45) is 0 Å². The van der Waals surface area contributed by atoms with E-state index in [1.807, 2.05) is 12.3 Å². The molecule has 0 unspecified atom stereocenters. The van der Waals surface area contributed by atoms with Crippen LogP contribution >= 0.6 is 15.9 Å². The van der Waals surface area contributed by atoms with Gasteiger partial charge in [0.25, 0.3) is 0 Å². The lowest BCUT2D eigenvalue weighted by Crippen LogP contribution is -2.46. The number of halogens is 1. The molecule has 0 N–H and O–H groups in total. The SMILES string of the molecule is Brc1ccc(N2CCN(Cc3ccccc3)CC2)cn1. The Morgan fingerprint density at radius 2 is 1.70 bits per heavy atom. The van der Waals surface area contributed by atoms with Gasteiger partial charge in [0.05, 0.1) is 11.9 Å². The Hall–Kier alpha value is -1.39. The van der Waals surface area contributed by atoms with E-state index in [4.69, 9.17) is 0 Å². The number of benzene rings is 1. The Bertz CT molecular complexity index is 533. The Balaban J connectivity index is 1.55. The second-order valence-corrected chi connectivity index (χ2v) is 5.90. The maximum atomic E-state index is 4.30. The zero-order chi connectivity index (χ0) is 13.8. The summed E-state index contributed by atoms with van der Waals surface area (Å²) in [5.41, 5.74) is 2.61. The highest BCUT2D eigenvalue weighted by atomic mass is 79.9. The van der Waals surface area contributed by atoms with E-state index < -0.39 is 0 Å². The molecule has 0 radical (unpaired) electrons. The molecule has 104 valence electrons. The molecule has 0 spiro atoms. The largest absolute Gasteiger partial charge is 0.368 e. The molecule has 1 aliphatic rings. The van der Waals surface area contributed by atoms with Crippen LogP contribution in [0.2, 0.25) is 0 Å². The lowest BCUT2D eigenvalue weighted by molar-refractivity contribution is 0.250. The van der Waals surface area contributed by atoms with Gasteiger partial charge < -0.3 is 4.90 Å². The molecule has 0 amide bonds. The molecule has 2 aromatic rings. The highest BCUT2D eigenvalue weighted by Crippen LogP contribution is 2.18. The quantitative estimate of drug-likeness (QED) is 0.805. The fraction of sp³-hybridized carbons (Fsp3) is 0.312. The van der Waals surface area contributed by atoms with Gasteiger partial charge in [-0.05, 0) is 33.6 Å². The Kier molecular flexibility index (Phi) is 4.33. The van der Waals surface area contributed by atoms with Crippen LogP contribution in [0.15, 0.2) is 53.3 Å². The molecule has 0 bridgehead atoms. The van der Waals surface area contributed by atoms with Crippen molar-refractivity contribution in [1.82, 2.24) is 9.88 Å². The summed E-state index contributed by atoms with van der Waals surface area (Å²) >= 11 is 3.38. The fourth-order valence-corrected chi connectivity index (χ4v) is 2.80. The first kappa shape index (κ1) is 13.6. The third kappa shape index (κ3) is 3.38. The van der Waals surface area contributed by atoms with Crippen LogP contribution in [0.4, 0.5) is 5.69 Å². The third-order valence-electron chi connectivity index (χ3n) is 3.70. The monoisotopic (exact) mass is 331 g/mol. The molecule has 20 heavy (non-hydrogen) atoms. The van der Waals surface area contributed by atoms with E-state index in [0.717, 1.165) is 37.3 Å². The highest BCUT2D eigenvalue weighted by molar-refractivity contribution is 9.10. The Morgan fingerprint density at radius 3 is 2.35 bits per heavy atom. The zero-order valence-corrected chi connectivity index (χ0v) is 13.0. The van der Waals surface area contributed by atoms with Gasteiger partial charge in [0.2, 0.25) is 0 Å². The molecule has 1 fully saturated rings. The Labute approximate surface area is 128 Å². The zero-order valence-electron chi connectivity index (χ0n) is 11.4. The first-order valence-corrected chi connectivity index (χ1v) is 7.73. The standard InChI is InChI=1S/C16H18BrN3/c17-16-7-6-15(12-18-16)20-10-8-19(9-11-20)13-14-4-2-1-3-5-14/h1-7,12H,8-11,13H2.